The summed E-state index contributed by atoms with van der Waals surface area (Å²) >= 11 is 6.07. The van der Waals surface area contributed by atoms with Gasteiger partial charge in [-0.25, -0.2) is 4.68 Å². The molecule has 1 N–H and O–H groups in total. The Morgan fingerprint density at radius 2 is 1.79 bits per heavy atom. The van der Waals surface area contributed by atoms with E-state index in [1.165, 1.54) is 6.42 Å². The molecular weight excluding hydrogens is 448 g/mol. The lowest BCUT2D eigenvalue weighted by Gasteiger charge is -2.29. The molecule has 0 atom stereocenters. The van der Waals surface area contributed by atoms with Crippen molar-refractivity contribution in [3.05, 3.63) is 41.0 Å². The van der Waals surface area contributed by atoms with Gasteiger partial charge in [-0.05, 0) is 49.4 Å². The summed E-state index contributed by atoms with van der Waals surface area (Å²) in [6.07, 6.45) is 6.12. The largest absolute Gasteiger partial charge is 0.333 e. The van der Waals surface area contributed by atoms with Crippen LogP contribution in [0, 0.1) is 11.8 Å². The van der Waals surface area contributed by atoms with Gasteiger partial charge >= 0.3 is 0 Å². The van der Waals surface area contributed by atoms with Gasteiger partial charge in [-0.3, -0.25) is 9.59 Å². The zero-order valence-electron chi connectivity index (χ0n) is 21.2. The molecule has 1 heterocycles. The highest BCUT2D eigenvalue weighted by Gasteiger charge is 2.28. The average molecular weight is 487 g/mol. The number of aromatic nitrogens is 2. The fourth-order valence-electron chi connectivity index (χ4n) is 4.26. The van der Waals surface area contributed by atoms with E-state index in [9.17, 15) is 9.59 Å². The topological polar surface area (TPSA) is 67.2 Å². The van der Waals surface area contributed by atoms with E-state index in [2.05, 4.69) is 39.9 Å². The maximum Gasteiger partial charge on any atom is 0.245 e. The van der Waals surface area contributed by atoms with Crippen molar-refractivity contribution < 1.29 is 9.59 Å². The highest BCUT2D eigenvalue weighted by atomic mass is 35.5. The number of nitrogens with one attached hydrogen (secondary N) is 1. The smallest absolute Gasteiger partial charge is 0.245 e. The first-order valence-corrected chi connectivity index (χ1v) is 12.9. The van der Waals surface area contributed by atoms with Crippen molar-refractivity contribution in [1.82, 2.24) is 14.7 Å². The molecule has 0 radical (unpaired) electrons. The van der Waals surface area contributed by atoms with Crippen LogP contribution in [0.2, 0.25) is 5.02 Å². The molecule has 0 aliphatic heterocycles. The van der Waals surface area contributed by atoms with Gasteiger partial charge < -0.3 is 10.2 Å². The van der Waals surface area contributed by atoms with Gasteiger partial charge in [0.15, 0.2) is 0 Å². The van der Waals surface area contributed by atoms with E-state index in [1.807, 2.05) is 18.2 Å². The molecule has 34 heavy (non-hydrogen) atoms. The van der Waals surface area contributed by atoms with Gasteiger partial charge in [0.1, 0.15) is 5.82 Å². The average Bonchev–Trinajstić information content (AvgIpc) is 3.21. The van der Waals surface area contributed by atoms with Crippen molar-refractivity contribution in [3.8, 4) is 5.69 Å². The van der Waals surface area contributed by atoms with Gasteiger partial charge in [0, 0.05) is 29.0 Å². The number of carbonyl (C=O) groups is 2. The minimum atomic E-state index is -0.205. The lowest BCUT2D eigenvalue weighted by atomic mass is 9.88. The monoisotopic (exact) mass is 486 g/mol. The normalized spacial score (nSPS) is 14.9. The second kappa shape index (κ2) is 11.4. The van der Waals surface area contributed by atoms with Crippen LogP contribution in [-0.2, 0) is 15.0 Å². The molecule has 2 aromatic rings. The quantitative estimate of drug-likeness (QED) is 0.481. The van der Waals surface area contributed by atoms with Crippen LogP contribution < -0.4 is 5.32 Å². The summed E-state index contributed by atoms with van der Waals surface area (Å²) in [5.74, 6) is 1.01. The second-order valence-corrected chi connectivity index (χ2v) is 11.3. The fourth-order valence-corrected chi connectivity index (χ4v) is 4.39. The number of hydrogen-bond donors (Lipinski definition) is 1. The van der Waals surface area contributed by atoms with E-state index in [-0.39, 0.29) is 29.7 Å². The third-order valence-electron chi connectivity index (χ3n) is 6.39. The third kappa shape index (κ3) is 7.08. The summed E-state index contributed by atoms with van der Waals surface area (Å²) in [6, 6.07) is 9.26. The standard InChI is InChI=1S/C27H39ClN4O2/c1-19(2)15-16-31(26(34)20-9-7-6-8-10-20)18-25(33)29-24-17-23(27(3,4)5)30-32(24)22-13-11-21(28)12-14-22/h11-14,17,19-20H,6-10,15-16,18H2,1-5H3,(H,29,33). The molecule has 186 valence electrons. The van der Waals surface area contributed by atoms with Gasteiger partial charge in [0.05, 0.1) is 17.9 Å². The van der Waals surface area contributed by atoms with Gasteiger partial charge in [-0.2, -0.15) is 5.10 Å². The summed E-state index contributed by atoms with van der Waals surface area (Å²) in [6.45, 7) is 11.2. The minimum absolute atomic E-state index is 0.0424. The predicted octanol–water partition coefficient (Wildman–Crippen LogP) is 6.22. The molecule has 1 aliphatic carbocycles. The number of nitrogens with zero attached hydrogens (tertiary/aromatic N) is 3. The first kappa shape index (κ1) is 26.3. The number of rotatable bonds is 8. The first-order chi connectivity index (χ1) is 16.0. The number of anilines is 1. The number of amides is 2. The van der Waals surface area contributed by atoms with Crippen LogP contribution in [0.3, 0.4) is 0 Å². The summed E-state index contributed by atoms with van der Waals surface area (Å²) in [5.41, 5.74) is 1.50. The Morgan fingerprint density at radius 1 is 1.15 bits per heavy atom. The van der Waals surface area contributed by atoms with Crippen LogP contribution in [0.5, 0.6) is 0 Å². The minimum Gasteiger partial charge on any atom is -0.333 e. The van der Waals surface area contributed by atoms with Crippen molar-refractivity contribution in [3.63, 3.8) is 0 Å². The van der Waals surface area contributed by atoms with Crippen LogP contribution in [-0.4, -0.2) is 39.6 Å². The Balaban J connectivity index is 1.80. The Bertz CT molecular complexity index is 970. The molecule has 7 heteroatoms. The van der Waals surface area contributed by atoms with Crippen LogP contribution in [0.1, 0.15) is 78.8 Å². The van der Waals surface area contributed by atoms with Crippen LogP contribution in [0.4, 0.5) is 5.82 Å². The molecular formula is C27H39ClN4O2. The van der Waals surface area contributed by atoms with Gasteiger partial charge in [-0.1, -0.05) is 65.5 Å². The van der Waals surface area contributed by atoms with E-state index in [1.54, 1.807) is 21.7 Å². The molecule has 1 aromatic carbocycles. The molecule has 1 fully saturated rings. The summed E-state index contributed by atoms with van der Waals surface area (Å²) in [7, 11) is 0. The molecule has 3 rings (SSSR count). The molecule has 6 nitrogen and oxygen atoms in total. The first-order valence-electron chi connectivity index (χ1n) is 12.5. The Kier molecular flexibility index (Phi) is 8.80. The highest BCUT2D eigenvalue weighted by molar-refractivity contribution is 6.30. The SMILES string of the molecule is CC(C)CCN(CC(=O)Nc1cc(C(C)(C)C)nn1-c1ccc(Cl)cc1)C(=O)C1CCCCC1. The number of carbonyl (C=O) groups excluding carboxylic acids is 2. The predicted molar refractivity (Wildman–Crippen MR) is 139 cm³/mol. The lowest BCUT2D eigenvalue weighted by molar-refractivity contribution is -0.139. The van der Waals surface area contributed by atoms with Crippen molar-refractivity contribution >= 4 is 29.2 Å². The van der Waals surface area contributed by atoms with Gasteiger partial charge in [-0.15, -0.1) is 0 Å². The molecule has 1 saturated carbocycles. The molecule has 1 aliphatic rings. The van der Waals surface area contributed by atoms with Gasteiger partial charge in [0.25, 0.3) is 0 Å². The Labute approximate surface area is 209 Å². The maximum atomic E-state index is 13.3. The number of hydrogen-bond acceptors (Lipinski definition) is 3. The van der Waals surface area contributed by atoms with Crippen LogP contribution in [0.15, 0.2) is 30.3 Å². The summed E-state index contributed by atoms with van der Waals surface area (Å²) < 4.78 is 1.73. The third-order valence-corrected chi connectivity index (χ3v) is 6.65. The Hall–Kier alpha value is -2.34. The Morgan fingerprint density at radius 3 is 2.38 bits per heavy atom. The van der Waals surface area contributed by atoms with E-state index in [4.69, 9.17) is 16.7 Å². The molecule has 2 amide bonds. The molecule has 0 bridgehead atoms. The van der Waals surface area contributed by atoms with Gasteiger partial charge in [0.2, 0.25) is 11.8 Å². The van der Waals surface area contributed by atoms with Crippen LogP contribution in [0.25, 0.3) is 5.69 Å². The molecule has 0 unspecified atom stereocenters. The van der Waals surface area contributed by atoms with E-state index < -0.39 is 0 Å². The summed E-state index contributed by atoms with van der Waals surface area (Å²) in [5, 5.41) is 8.43. The highest BCUT2D eigenvalue weighted by Crippen LogP contribution is 2.28. The molecule has 0 saturated heterocycles. The molecule has 1 aromatic heterocycles. The fraction of sp³-hybridized carbons (Fsp3) is 0.593. The van der Waals surface area contributed by atoms with E-state index in [0.717, 1.165) is 43.5 Å². The van der Waals surface area contributed by atoms with Crippen molar-refractivity contribution in [2.75, 3.05) is 18.4 Å². The maximum absolute atomic E-state index is 13.3. The van der Waals surface area contributed by atoms with Crippen LogP contribution >= 0.6 is 11.6 Å². The molecule has 0 spiro atoms. The van der Waals surface area contributed by atoms with Crippen molar-refractivity contribution in [2.45, 2.75) is 78.6 Å². The zero-order chi connectivity index (χ0) is 24.9. The summed E-state index contributed by atoms with van der Waals surface area (Å²) in [4.78, 5) is 28.2. The number of benzene rings is 1. The lowest BCUT2D eigenvalue weighted by Crippen LogP contribution is -2.42. The zero-order valence-corrected chi connectivity index (χ0v) is 22.0. The number of halogens is 1. The van der Waals surface area contributed by atoms with E-state index in [0.29, 0.717) is 23.3 Å². The second-order valence-electron chi connectivity index (χ2n) is 10.9. The van der Waals surface area contributed by atoms with Crippen molar-refractivity contribution in [1.29, 1.82) is 0 Å². The van der Waals surface area contributed by atoms with E-state index >= 15 is 0 Å². The van der Waals surface area contributed by atoms with Crippen molar-refractivity contribution in [2.24, 2.45) is 11.8 Å².